The summed E-state index contributed by atoms with van der Waals surface area (Å²) in [4.78, 5) is 53.5. The highest BCUT2D eigenvalue weighted by Crippen LogP contribution is 2.83. The molecule has 11 nitrogen and oxygen atoms in total. The third kappa shape index (κ3) is 7.22. The second-order valence-corrected chi connectivity index (χ2v) is 29.6. The highest BCUT2D eigenvalue weighted by molar-refractivity contribution is 6.02. The van der Waals surface area contributed by atoms with Gasteiger partial charge in [-0.05, 0) is 202 Å². The summed E-state index contributed by atoms with van der Waals surface area (Å²) in [5.41, 5.74) is 8.43. The summed E-state index contributed by atoms with van der Waals surface area (Å²) in [6, 6.07) is 9.38. The lowest BCUT2D eigenvalue weighted by Crippen LogP contribution is -2.74. The largest absolute Gasteiger partial charge is 0.392 e. The maximum atomic E-state index is 16.0. The van der Waals surface area contributed by atoms with Gasteiger partial charge in [-0.1, -0.05) is 72.1 Å². The zero-order valence-corrected chi connectivity index (χ0v) is 48.7. The third-order valence-electron chi connectivity index (χ3n) is 25.7. The molecule has 424 valence electrons. The van der Waals surface area contributed by atoms with Crippen molar-refractivity contribution in [2.75, 3.05) is 26.8 Å². The average Bonchev–Trinajstić information content (AvgIpc) is 1.89. The summed E-state index contributed by atoms with van der Waals surface area (Å²) < 4.78 is 14.4. The average molecular weight is 1080 g/mol. The Bertz CT molecular complexity index is 3130. The number of carbonyl (C=O) groups excluding carboxylic acids is 3. The van der Waals surface area contributed by atoms with E-state index < -0.39 is 56.7 Å². The number of aromatic amines is 2. The van der Waals surface area contributed by atoms with E-state index in [1.54, 1.807) is 0 Å². The quantitative estimate of drug-likeness (QED) is 0.0732. The van der Waals surface area contributed by atoms with E-state index in [4.69, 9.17) is 9.47 Å². The lowest BCUT2D eigenvalue weighted by atomic mass is 9.28. The summed E-state index contributed by atoms with van der Waals surface area (Å²) in [7, 11) is 2.00. The summed E-state index contributed by atoms with van der Waals surface area (Å²) in [5.74, 6) is 0.260. The van der Waals surface area contributed by atoms with Crippen molar-refractivity contribution in [2.24, 2.45) is 50.2 Å². The number of benzene rings is 1. The van der Waals surface area contributed by atoms with Crippen LogP contribution in [0.2, 0.25) is 0 Å². The minimum absolute atomic E-state index is 0.0292. The van der Waals surface area contributed by atoms with Crippen molar-refractivity contribution in [2.45, 2.75) is 218 Å². The summed E-state index contributed by atoms with van der Waals surface area (Å²) in [5, 5.41) is 30.4. The van der Waals surface area contributed by atoms with Crippen molar-refractivity contribution >= 4 is 28.9 Å². The number of fused-ring (bicyclic) bond motifs is 8. The molecule has 5 saturated carbocycles. The molecule has 79 heavy (non-hydrogen) atoms. The van der Waals surface area contributed by atoms with E-state index in [-0.39, 0.29) is 35.1 Å². The van der Waals surface area contributed by atoms with Crippen LogP contribution in [0.3, 0.4) is 0 Å². The Morgan fingerprint density at radius 1 is 0.899 bits per heavy atom. The highest BCUT2D eigenvalue weighted by Gasteiger charge is 2.80. The van der Waals surface area contributed by atoms with Gasteiger partial charge < -0.3 is 44.3 Å². The number of nitrogens with zero attached hydrogens (tertiary/aromatic N) is 1. The molecule has 0 unspecified atom stereocenters. The molecule has 11 heteroatoms. The topological polar surface area (TPSA) is 162 Å². The number of aromatic nitrogens is 3. The number of ketones is 2. The van der Waals surface area contributed by atoms with E-state index in [1.165, 1.54) is 60.8 Å². The first-order valence-electron chi connectivity index (χ1n) is 31.3. The molecule has 4 aromatic rings. The first-order chi connectivity index (χ1) is 37.8. The van der Waals surface area contributed by atoms with Crippen molar-refractivity contribution in [1.82, 2.24) is 19.9 Å². The number of nitrogens with one attached hydrogen (secondary N) is 3. The number of epoxide rings is 1. The van der Waals surface area contributed by atoms with E-state index in [1.807, 2.05) is 20.9 Å². The number of aryl methyl sites for hydroxylation is 1. The predicted molar refractivity (Wildman–Crippen MR) is 306 cm³/mol. The van der Waals surface area contributed by atoms with Gasteiger partial charge in [-0.2, -0.15) is 0 Å². The minimum atomic E-state index is -0.858. The van der Waals surface area contributed by atoms with Gasteiger partial charge in [0, 0.05) is 78.3 Å². The number of Topliss-reactive ketones (excluding diaryl/α,β-unsaturated/α-hetero) is 2. The zero-order valence-electron chi connectivity index (χ0n) is 48.7. The minimum Gasteiger partial charge on any atom is -0.392 e. The lowest BCUT2D eigenvalue weighted by molar-refractivity contribution is -0.267. The molecule has 2 bridgehead atoms. The van der Waals surface area contributed by atoms with Crippen molar-refractivity contribution in [3.05, 3.63) is 93.1 Å². The number of hydrogen-bond acceptors (Lipinski definition) is 8. The Morgan fingerprint density at radius 2 is 1.63 bits per heavy atom. The maximum absolute atomic E-state index is 16.0. The number of carbonyl (C=O) groups is 3. The van der Waals surface area contributed by atoms with E-state index in [2.05, 4.69) is 97.3 Å². The van der Waals surface area contributed by atoms with E-state index in [0.717, 1.165) is 110 Å². The molecule has 7 fully saturated rings. The standard InChI is InChI=1S/C68H90N4O7/c1-62(2)61(79-62)50(75)32-63(3)20-14-41-34-71-56-46(48(37-73)44-29-42(38-12-10-9-11-13-38)28-43(30-44)39-18-26-78-27-19-39)35-72(57(41)56)36-47-52-54(63)49(74)33-66(52,6)65(5)21-16-51-64(4,23-25-69-8)60(77)53-45-17-24-70-55(45)40-15-22-68(53,31-40)67(51,7)59(65)58(47)76/h17,24,28-30,34-35,37-40,47-48,50-51,53,58-59,61,69-71,75-76H,9-16,18-23,25-27,31-33,36H2,1-8H3/t40-,47+,48+,50+,51-,53+,58+,59-,61+,63-,64-,65-,66-,67+,68-/m0/s1. The van der Waals surface area contributed by atoms with Gasteiger partial charge in [-0.3, -0.25) is 9.59 Å². The molecule has 5 N–H and O–H groups in total. The van der Waals surface area contributed by atoms with Gasteiger partial charge >= 0.3 is 0 Å². The summed E-state index contributed by atoms with van der Waals surface area (Å²) in [6.07, 6.45) is 21.0. The molecule has 1 aromatic carbocycles. The Balaban J connectivity index is 0.962. The number of ether oxygens (including phenoxy) is 2. The van der Waals surface area contributed by atoms with Crippen LogP contribution in [0.4, 0.5) is 0 Å². The van der Waals surface area contributed by atoms with Crippen molar-refractivity contribution < 1.29 is 34.1 Å². The van der Waals surface area contributed by atoms with Gasteiger partial charge in [0.1, 0.15) is 18.2 Å². The van der Waals surface area contributed by atoms with Crippen LogP contribution in [-0.4, -0.2) is 93.3 Å². The van der Waals surface area contributed by atoms with Crippen molar-refractivity contribution in [3.8, 4) is 0 Å². The van der Waals surface area contributed by atoms with Crippen LogP contribution in [0, 0.1) is 50.2 Å². The molecule has 1 spiro atoms. The molecule has 7 aliphatic carbocycles. The van der Waals surface area contributed by atoms with E-state index in [0.29, 0.717) is 55.8 Å². The molecule has 3 aromatic heterocycles. The second-order valence-electron chi connectivity index (χ2n) is 29.6. The number of hydrogen-bond donors (Lipinski definition) is 5. The van der Waals surface area contributed by atoms with Gasteiger partial charge in [-0.15, -0.1) is 0 Å². The number of aliphatic hydroxyl groups excluding tert-OH is 2. The van der Waals surface area contributed by atoms with Crippen LogP contribution in [-0.2, 0) is 36.8 Å². The van der Waals surface area contributed by atoms with Crippen LogP contribution < -0.4 is 5.32 Å². The number of aldehydes is 1. The zero-order chi connectivity index (χ0) is 55.0. The molecule has 6 heterocycles. The van der Waals surface area contributed by atoms with Crippen LogP contribution in [0.25, 0.3) is 11.0 Å². The summed E-state index contributed by atoms with van der Waals surface area (Å²) in [6.45, 7) is 18.7. The van der Waals surface area contributed by atoms with Gasteiger partial charge in [0.25, 0.3) is 0 Å². The van der Waals surface area contributed by atoms with Crippen LogP contribution >= 0.6 is 0 Å². The van der Waals surface area contributed by atoms with Gasteiger partial charge in [0.15, 0.2) is 5.78 Å². The van der Waals surface area contributed by atoms with Crippen LogP contribution in [0.15, 0.2) is 54.0 Å². The fraction of sp³-hybridized carbons (Fsp3) is 0.691. The molecule has 15 atom stereocenters. The molecule has 3 aliphatic heterocycles. The Kier molecular flexibility index (Phi) is 12.2. The molecular weight excluding hydrogens is 985 g/mol. The van der Waals surface area contributed by atoms with Gasteiger partial charge in [0.05, 0.1) is 40.7 Å². The molecule has 10 aliphatic rings. The smallest absolute Gasteiger partial charge is 0.160 e. The van der Waals surface area contributed by atoms with Crippen LogP contribution in [0.1, 0.15) is 220 Å². The Morgan fingerprint density at radius 3 is 2.34 bits per heavy atom. The molecule has 0 amide bonds. The first-order valence-corrected chi connectivity index (χ1v) is 31.3. The number of aliphatic hydroxyl groups is 2. The molecular formula is C68H90N4O7. The fourth-order valence-electron chi connectivity index (χ4n) is 21.7. The normalized spacial score (nSPS) is 40.4. The predicted octanol–water partition coefficient (Wildman–Crippen LogP) is 12.0. The van der Waals surface area contributed by atoms with Crippen LogP contribution in [0.5, 0.6) is 0 Å². The monoisotopic (exact) mass is 1070 g/mol. The third-order valence-corrected chi connectivity index (χ3v) is 25.7. The Labute approximate surface area is 468 Å². The van der Waals surface area contributed by atoms with Gasteiger partial charge in [-0.25, -0.2) is 0 Å². The van der Waals surface area contributed by atoms with Gasteiger partial charge in [0.2, 0.25) is 0 Å². The Hall–Kier alpha value is -4.13. The molecule has 0 radical (unpaired) electrons. The second kappa shape index (κ2) is 18.2. The summed E-state index contributed by atoms with van der Waals surface area (Å²) >= 11 is 0. The lowest BCUT2D eigenvalue weighted by Gasteiger charge is -2.76. The van der Waals surface area contributed by atoms with E-state index in [9.17, 15) is 15.0 Å². The SMILES string of the molecule is CNCC[C@]1(C)C(=O)[C@H]2c3cc[nH]c3[C@H]3CC[C@@]2(C3)[C@@]2(C)[C@H]3[C@H](O)[C@@H]4Cn5cc([C@H](C=O)c6cc(C7CCCCC7)cc(C7CCOCC7)c6)c6[nH]cc(c65)CC[C@@](C)(C[C@@H](O)[C@H]5OC5(C)C)C5=C4[C@](C)(CC5=O)[C@@]3(C)CC[C@H]21. The molecule has 2 saturated heterocycles. The van der Waals surface area contributed by atoms with E-state index >= 15 is 9.59 Å². The number of rotatable bonds is 11. The number of H-pyrrole nitrogens is 2. The number of allylic oxidation sites excluding steroid dienone is 1. The van der Waals surface area contributed by atoms with Crippen molar-refractivity contribution in [3.63, 3.8) is 0 Å². The molecule has 14 rings (SSSR count). The highest BCUT2D eigenvalue weighted by atomic mass is 16.6. The fourth-order valence-corrected chi connectivity index (χ4v) is 21.7. The maximum Gasteiger partial charge on any atom is 0.160 e. The first kappa shape index (κ1) is 52.9. The van der Waals surface area contributed by atoms with Crippen molar-refractivity contribution in [1.29, 1.82) is 0 Å².